The minimum absolute atomic E-state index is 0.0231. The standard InChI is InChI=1S/C24H30N6O2/c1-17-4-6-19(7-5-17)20-12-21(14-22(13-20)30-16-25-27-28-30)23(31)26-18(2)15-29-10-8-24(3,32)9-11-29/h4-7,12-14,16,18,32H,8-11,15H2,1-3H3,(H,26,31)/t18-/m1/s1. The van der Waals surface area contributed by atoms with E-state index >= 15 is 0 Å². The minimum atomic E-state index is -0.577. The lowest BCUT2D eigenvalue weighted by molar-refractivity contribution is -0.00685. The molecule has 0 radical (unpaired) electrons. The lowest BCUT2D eigenvalue weighted by Crippen LogP contribution is -2.48. The summed E-state index contributed by atoms with van der Waals surface area (Å²) < 4.78 is 1.55. The van der Waals surface area contributed by atoms with E-state index in [1.807, 2.05) is 45.0 Å². The molecule has 32 heavy (non-hydrogen) atoms. The zero-order valence-corrected chi connectivity index (χ0v) is 18.8. The number of rotatable bonds is 6. The molecule has 1 aromatic heterocycles. The molecule has 2 N–H and O–H groups in total. The molecule has 8 heteroatoms. The average molecular weight is 435 g/mol. The third-order valence-corrected chi connectivity index (χ3v) is 6.02. The van der Waals surface area contributed by atoms with Crippen LogP contribution in [0.4, 0.5) is 0 Å². The number of hydrogen-bond donors (Lipinski definition) is 2. The number of aliphatic hydroxyl groups is 1. The second-order valence-electron chi connectivity index (χ2n) is 9.06. The van der Waals surface area contributed by atoms with Gasteiger partial charge in [0, 0.05) is 31.2 Å². The van der Waals surface area contributed by atoms with E-state index < -0.39 is 5.60 Å². The van der Waals surface area contributed by atoms with E-state index in [9.17, 15) is 9.90 Å². The van der Waals surface area contributed by atoms with Crippen molar-refractivity contribution in [2.45, 2.75) is 45.3 Å². The molecule has 0 bridgehead atoms. The number of tetrazole rings is 1. The number of nitrogens with one attached hydrogen (secondary N) is 1. The fourth-order valence-electron chi connectivity index (χ4n) is 4.02. The zero-order valence-electron chi connectivity index (χ0n) is 18.8. The number of piperidine rings is 1. The summed E-state index contributed by atoms with van der Waals surface area (Å²) in [5.74, 6) is -0.134. The summed E-state index contributed by atoms with van der Waals surface area (Å²) in [6, 6.07) is 13.8. The molecule has 3 aromatic rings. The van der Waals surface area contributed by atoms with Crippen molar-refractivity contribution in [1.29, 1.82) is 0 Å². The van der Waals surface area contributed by atoms with Gasteiger partial charge in [-0.15, -0.1) is 5.10 Å². The number of nitrogens with zero attached hydrogens (tertiary/aromatic N) is 5. The molecular weight excluding hydrogens is 404 g/mol. The van der Waals surface area contributed by atoms with Crippen LogP contribution in [0, 0.1) is 6.92 Å². The first-order valence-electron chi connectivity index (χ1n) is 11.0. The summed E-state index contributed by atoms with van der Waals surface area (Å²) in [5.41, 5.74) is 3.83. The summed E-state index contributed by atoms with van der Waals surface area (Å²) >= 11 is 0. The molecule has 1 fully saturated rings. The lowest BCUT2D eigenvalue weighted by atomic mass is 9.93. The minimum Gasteiger partial charge on any atom is -0.390 e. The number of benzene rings is 2. The van der Waals surface area contributed by atoms with Crippen LogP contribution in [0.2, 0.25) is 0 Å². The van der Waals surface area contributed by atoms with Crippen LogP contribution < -0.4 is 5.32 Å². The Hall–Kier alpha value is -3.10. The summed E-state index contributed by atoms with van der Waals surface area (Å²) in [6.07, 6.45) is 3.02. The van der Waals surface area contributed by atoms with Crippen LogP contribution in [0.5, 0.6) is 0 Å². The Morgan fingerprint density at radius 1 is 1.16 bits per heavy atom. The Morgan fingerprint density at radius 2 is 1.88 bits per heavy atom. The van der Waals surface area contributed by atoms with Crippen LogP contribution in [0.3, 0.4) is 0 Å². The van der Waals surface area contributed by atoms with Gasteiger partial charge in [-0.2, -0.15) is 0 Å². The number of aryl methyl sites for hydroxylation is 1. The predicted molar refractivity (Wildman–Crippen MR) is 123 cm³/mol. The van der Waals surface area contributed by atoms with E-state index in [1.54, 1.807) is 10.7 Å². The van der Waals surface area contributed by atoms with Gasteiger partial charge >= 0.3 is 0 Å². The van der Waals surface area contributed by atoms with E-state index in [2.05, 4.69) is 37.9 Å². The topological polar surface area (TPSA) is 96.2 Å². The molecule has 0 spiro atoms. The Balaban J connectivity index is 1.52. The van der Waals surface area contributed by atoms with E-state index in [4.69, 9.17) is 0 Å². The van der Waals surface area contributed by atoms with Gasteiger partial charge in [0.05, 0.1) is 11.3 Å². The van der Waals surface area contributed by atoms with Crippen LogP contribution in [0.15, 0.2) is 48.8 Å². The van der Waals surface area contributed by atoms with Crippen molar-refractivity contribution < 1.29 is 9.90 Å². The van der Waals surface area contributed by atoms with E-state index in [0.717, 1.165) is 49.3 Å². The van der Waals surface area contributed by atoms with Crippen LogP contribution in [0.1, 0.15) is 42.6 Å². The maximum absolute atomic E-state index is 13.1. The third kappa shape index (κ3) is 5.38. The number of aromatic nitrogens is 4. The second-order valence-corrected chi connectivity index (χ2v) is 9.06. The molecule has 2 heterocycles. The first-order valence-corrected chi connectivity index (χ1v) is 11.0. The Kier molecular flexibility index (Phi) is 6.34. The largest absolute Gasteiger partial charge is 0.390 e. The number of carbonyl (C=O) groups is 1. The molecule has 4 rings (SSSR count). The molecule has 1 aliphatic rings. The molecular formula is C24H30N6O2. The van der Waals surface area contributed by atoms with Gasteiger partial charge in [0.2, 0.25) is 0 Å². The van der Waals surface area contributed by atoms with Crippen LogP contribution in [-0.2, 0) is 0 Å². The maximum Gasteiger partial charge on any atom is 0.251 e. The highest BCUT2D eigenvalue weighted by Gasteiger charge is 2.28. The van der Waals surface area contributed by atoms with E-state index in [0.29, 0.717) is 5.56 Å². The summed E-state index contributed by atoms with van der Waals surface area (Å²) in [4.78, 5) is 15.4. The Morgan fingerprint density at radius 3 is 2.53 bits per heavy atom. The maximum atomic E-state index is 13.1. The molecule has 0 unspecified atom stereocenters. The van der Waals surface area contributed by atoms with Crippen molar-refractivity contribution in [3.63, 3.8) is 0 Å². The van der Waals surface area contributed by atoms with Gasteiger partial charge in [0.1, 0.15) is 6.33 Å². The van der Waals surface area contributed by atoms with Crippen molar-refractivity contribution >= 4 is 5.91 Å². The fourth-order valence-corrected chi connectivity index (χ4v) is 4.02. The molecule has 1 saturated heterocycles. The van der Waals surface area contributed by atoms with E-state index in [-0.39, 0.29) is 11.9 Å². The third-order valence-electron chi connectivity index (χ3n) is 6.02. The number of amides is 1. The molecule has 2 aromatic carbocycles. The molecule has 1 amide bonds. The Labute approximate surface area is 188 Å². The SMILES string of the molecule is Cc1ccc(-c2cc(C(=O)N[C@H](C)CN3CCC(C)(O)CC3)cc(-n3cnnn3)c2)cc1. The van der Waals surface area contributed by atoms with Crippen LogP contribution in [0.25, 0.3) is 16.8 Å². The van der Waals surface area contributed by atoms with Crippen LogP contribution in [-0.4, -0.2) is 67.4 Å². The summed E-state index contributed by atoms with van der Waals surface area (Å²) in [5, 5.41) is 24.7. The van der Waals surface area contributed by atoms with Gasteiger partial charge in [0.15, 0.2) is 0 Å². The molecule has 0 aliphatic carbocycles. The monoisotopic (exact) mass is 434 g/mol. The molecule has 0 saturated carbocycles. The lowest BCUT2D eigenvalue weighted by Gasteiger charge is -2.37. The number of hydrogen-bond acceptors (Lipinski definition) is 6. The van der Waals surface area contributed by atoms with Gasteiger partial charge in [-0.25, -0.2) is 4.68 Å². The molecule has 1 aliphatic heterocycles. The summed E-state index contributed by atoms with van der Waals surface area (Å²) in [6.45, 7) is 8.36. The van der Waals surface area contributed by atoms with Gasteiger partial charge in [-0.05, 0) is 73.4 Å². The van der Waals surface area contributed by atoms with Crippen molar-refractivity contribution in [3.05, 3.63) is 59.9 Å². The molecule has 8 nitrogen and oxygen atoms in total. The highest BCUT2D eigenvalue weighted by Crippen LogP contribution is 2.25. The molecule has 168 valence electrons. The number of likely N-dealkylation sites (tertiary alicyclic amines) is 1. The average Bonchev–Trinajstić information content (AvgIpc) is 3.30. The highest BCUT2D eigenvalue weighted by molar-refractivity contribution is 5.96. The van der Waals surface area contributed by atoms with Crippen LogP contribution >= 0.6 is 0 Å². The summed E-state index contributed by atoms with van der Waals surface area (Å²) in [7, 11) is 0. The highest BCUT2D eigenvalue weighted by atomic mass is 16.3. The zero-order chi connectivity index (χ0) is 22.7. The predicted octanol–water partition coefficient (Wildman–Crippen LogP) is 2.60. The van der Waals surface area contributed by atoms with Crippen molar-refractivity contribution in [2.24, 2.45) is 0 Å². The smallest absolute Gasteiger partial charge is 0.251 e. The first kappa shape index (κ1) is 22.1. The van der Waals surface area contributed by atoms with Gasteiger partial charge in [-0.1, -0.05) is 29.8 Å². The number of carbonyl (C=O) groups excluding carboxylic acids is 1. The van der Waals surface area contributed by atoms with Crippen molar-refractivity contribution in [1.82, 2.24) is 30.4 Å². The first-order chi connectivity index (χ1) is 15.3. The van der Waals surface area contributed by atoms with Gasteiger partial charge in [0.25, 0.3) is 5.91 Å². The molecule has 1 atom stereocenters. The van der Waals surface area contributed by atoms with Gasteiger partial charge < -0.3 is 15.3 Å². The van der Waals surface area contributed by atoms with Gasteiger partial charge in [-0.3, -0.25) is 4.79 Å². The Bertz CT molecular complexity index is 1050. The second kappa shape index (κ2) is 9.18. The van der Waals surface area contributed by atoms with E-state index in [1.165, 1.54) is 11.9 Å². The normalized spacial score (nSPS) is 17.1. The quantitative estimate of drug-likeness (QED) is 0.619. The van der Waals surface area contributed by atoms with Crippen molar-refractivity contribution in [3.8, 4) is 16.8 Å². The fraction of sp³-hybridized carbons (Fsp3) is 0.417. The van der Waals surface area contributed by atoms with Crippen molar-refractivity contribution in [2.75, 3.05) is 19.6 Å².